The minimum atomic E-state index is -0.143. The summed E-state index contributed by atoms with van der Waals surface area (Å²) < 4.78 is 13.2. The Morgan fingerprint density at radius 2 is 1.17 bits per heavy atom. The first kappa shape index (κ1) is 29.2. The van der Waals surface area contributed by atoms with E-state index in [1.165, 1.54) is 33.0 Å². The van der Waals surface area contributed by atoms with E-state index in [1.54, 1.807) is 0 Å². The number of fused-ring (bicyclic) bond motifs is 10. The minimum Gasteiger partial charge on any atom is -0.456 e. The number of rotatable bonds is 4. The van der Waals surface area contributed by atoms with Crippen LogP contribution < -0.4 is 4.90 Å². The number of hydrogen-bond donors (Lipinski definition) is 0. The second kappa shape index (κ2) is 10.7. The van der Waals surface area contributed by atoms with Crippen molar-refractivity contribution < 1.29 is 8.83 Å². The van der Waals surface area contributed by atoms with Crippen LogP contribution in [0, 0.1) is 0 Å². The van der Waals surface area contributed by atoms with Crippen molar-refractivity contribution in [2.45, 2.75) is 19.3 Å². The molecule has 52 heavy (non-hydrogen) atoms. The summed E-state index contributed by atoms with van der Waals surface area (Å²) in [5.41, 5.74) is 14.0. The summed E-state index contributed by atoms with van der Waals surface area (Å²) in [5.74, 6) is 0. The molecule has 8 aromatic carbocycles. The largest absolute Gasteiger partial charge is 0.456 e. The summed E-state index contributed by atoms with van der Waals surface area (Å²) in [6, 6.07) is 58.8. The fourth-order valence-corrected chi connectivity index (χ4v) is 8.76. The summed E-state index contributed by atoms with van der Waals surface area (Å²) >= 11 is 0. The van der Waals surface area contributed by atoms with Crippen LogP contribution in [0.25, 0.3) is 76.9 Å². The van der Waals surface area contributed by atoms with Crippen molar-refractivity contribution in [3.8, 4) is 22.3 Å². The van der Waals surface area contributed by atoms with E-state index < -0.39 is 0 Å². The van der Waals surface area contributed by atoms with Crippen LogP contribution in [0.2, 0.25) is 0 Å². The number of nitrogens with zero attached hydrogens (tertiary/aromatic N) is 1. The Hall–Kier alpha value is -6.58. The smallest absolute Gasteiger partial charge is 0.145 e. The van der Waals surface area contributed by atoms with Gasteiger partial charge in [0.15, 0.2) is 0 Å². The van der Waals surface area contributed by atoms with Gasteiger partial charge < -0.3 is 13.7 Å². The number of anilines is 3. The van der Waals surface area contributed by atoms with Crippen LogP contribution in [0.15, 0.2) is 173 Å². The van der Waals surface area contributed by atoms with Crippen molar-refractivity contribution in [3.05, 3.63) is 175 Å². The Morgan fingerprint density at radius 3 is 2.06 bits per heavy atom. The molecule has 0 bridgehead atoms. The molecule has 0 atom stereocenters. The molecule has 0 radical (unpaired) electrons. The summed E-state index contributed by atoms with van der Waals surface area (Å²) in [6.07, 6.45) is 0. The zero-order chi connectivity index (χ0) is 34.6. The maximum atomic E-state index is 6.87. The molecule has 1 aliphatic carbocycles. The van der Waals surface area contributed by atoms with Crippen LogP contribution in [0.4, 0.5) is 17.1 Å². The van der Waals surface area contributed by atoms with E-state index in [9.17, 15) is 0 Å². The molecular formula is C49H33NO2. The predicted molar refractivity (Wildman–Crippen MR) is 216 cm³/mol. The molecule has 2 heterocycles. The zero-order valence-corrected chi connectivity index (χ0v) is 28.9. The standard InChI is InChI=1S/C49H33NO2/c1-49(2)39-17-8-5-15-36(39)46-40(49)18-11-19-41(46)50(33-24-27-45-38(29-33)35-14-6-9-20-43(35)51-45)42-26-25-34(32-23-22-30-12-3-4-13-31(30)28-32)48-47(42)37-16-7-10-21-44(37)52-48/h3-29H,1-2H3. The Labute approximate surface area is 301 Å². The monoisotopic (exact) mass is 667 g/mol. The van der Waals surface area contributed by atoms with Crippen LogP contribution in [0.1, 0.15) is 25.0 Å². The van der Waals surface area contributed by atoms with Gasteiger partial charge in [0.25, 0.3) is 0 Å². The summed E-state index contributed by atoms with van der Waals surface area (Å²) in [5, 5.41) is 6.79. The van der Waals surface area contributed by atoms with Gasteiger partial charge in [-0.15, -0.1) is 0 Å². The second-order valence-electron chi connectivity index (χ2n) is 14.5. The molecule has 3 nitrogen and oxygen atoms in total. The number of hydrogen-bond acceptors (Lipinski definition) is 3. The van der Waals surface area contributed by atoms with Gasteiger partial charge in [0.2, 0.25) is 0 Å². The maximum Gasteiger partial charge on any atom is 0.145 e. The summed E-state index contributed by atoms with van der Waals surface area (Å²) in [4.78, 5) is 2.45. The van der Waals surface area contributed by atoms with Gasteiger partial charge in [-0.3, -0.25) is 0 Å². The Kier molecular flexibility index (Phi) is 6.01. The van der Waals surface area contributed by atoms with Crippen LogP contribution in [-0.4, -0.2) is 0 Å². The zero-order valence-electron chi connectivity index (χ0n) is 28.9. The molecule has 0 saturated heterocycles. The molecular weight excluding hydrogens is 635 g/mol. The van der Waals surface area contributed by atoms with Crippen molar-refractivity contribution in [1.82, 2.24) is 0 Å². The van der Waals surface area contributed by atoms with Crippen molar-refractivity contribution in [1.29, 1.82) is 0 Å². The van der Waals surface area contributed by atoms with Crippen molar-refractivity contribution >= 4 is 71.7 Å². The highest BCUT2D eigenvalue weighted by Crippen LogP contribution is 2.55. The van der Waals surface area contributed by atoms with Gasteiger partial charge in [0.05, 0.1) is 16.8 Å². The molecule has 0 unspecified atom stereocenters. The lowest BCUT2D eigenvalue weighted by Gasteiger charge is -2.29. The molecule has 0 fully saturated rings. The van der Waals surface area contributed by atoms with E-state index >= 15 is 0 Å². The Balaban J connectivity index is 1.25. The molecule has 3 heteroatoms. The van der Waals surface area contributed by atoms with E-state index in [1.807, 2.05) is 12.1 Å². The predicted octanol–water partition coefficient (Wildman–Crippen LogP) is 14.1. The third-order valence-electron chi connectivity index (χ3n) is 11.3. The molecule has 11 rings (SSSR count). The lowest BCUT2D eigenvalue weighted by molar-refractivity contribution is 0.660. The lowest BCUT2D eigenvalue weighted by atomic mass is 9.82. The molecule has 1 aliphatic rings. The van der Waals surface area contributed by atoms with Gasteiger partial charge in [-0.25, -0.2) is 0 Å². The SMILES string of the molecule is CC1(C)c2ccccc2-c2c(N(c3ccc4oc5ccccc5c4c3)c3ccc(-c4ccc5ccccc5c4)c4oc5ccccc5c34)cccc21. The number of furan rings is 2. The number of para-hydroxylation sites is 2. The lowest BCUT2D eigenvalue weighted by Crippen LogP contribution is -2.16. The summed E-state index contributed by atoms with van der Waals surface area (Å²) in [7, 11) is 0. The van der Waals surface area contributed by atoms with Gasteiger partial charge in [-0.1, -0.05) is 123 Å². The molecule has 10 aromatic rings. The maximum absolute atomic E-state index is 6.87. The van der Waals surface area contributed by atoms with Crippen LogP contribution in [-0.2, 0) is 5.41 Å². The molecule has 0 spiro atoms. The van der Waals surface area contributed by atoms with Gasteiger partial charge in [0, 0.05) is 38.4 Å². The third-order valence-corrected chi connectivity index (χ3v) is 11.3. The van der Waals surface area contributed by atoms with E-state index in [-0.39, 0.29) is 5.41 Å². The Morgan fingerprint density at radius 1 is 0.462 bits per heavy atom. The second-order valence-corrected chi connectivity index (χ2v) is 14.5. The Bertz CT molecular complexity index is 3070. The third kappa shape index (κ3) is 4.08. The first-order chi connectivity index (χ1) is 25.5. The van der Waals surface area contributed by atoms with Crippen molar-refractivity contribution in [2.75, 3.05) is 4.90 Å². The van der Waals surface area contributed by atoms with Gasteiger partial charge >= 0.3 is 0 Å². The van der Waals surface area contributed by atoms with Gasteiger partial charge in [-0.2, -0.15) is 0 Å². The van der Waals surface area contributed by atoms with Crippen LogP contribution >= 0.6 is 0 Å². The van der Waals surface area contributed by atoms with E-state index in [4.69, 9.17) is 8.83 Å². The number of benzene rings is 8. The van der Waals surface area contributed by atoms with Crippen molar-refractivity contribution in [2.24, 2.45) is 0 Å². The highest BCUT2D eigenvalue weighted by Gasteiger charge is 2.38. The van der Waals surface area contributed by atoms with E-state index in [0.29, 0.717) is 0 Å². The fraction of sp³-hybridized carbons (Fsp3) is 0.0612. The molecule has 0 N–H and O–H groups in total. The summed E-state index contributed by atoms with van der Waals surface area (Å²) in [6.45, 7) is 4.69. The van der Waals surface area contributed by atoms with Crippen molar-refractivity contribution in [3.63, 3.8) is 0 Å². The first-order valence-electron chi connectivity index (χ1n) is 17.9. The molecule has 0 amide bonds. The molecule has 0 aliphatic heterocycles. The highest BCUT2D eigenvalue weighted by atomic mass is 16.3. The molecule has 2 aromatic heterocycles. The normalized spacial score (nSPS) is 13.3. The average molecular weight is 668 g/mol. The van der Waals surface area contributed by atoms with Crippen LogP contribution in [0.3, 0.4) is 0 Å². The highest BCUT2D eigenvalue weighted by molar-refractivity contribution is 6.18. The average Bonchev–Trinajstić information content (AvgIpc) is 3.83. The van der Waals surface area contributed by atoms with Gasteiger partial charge in [0.1, 0.15) is 22.3 Å². The van der Waals surface area contributed by atoms with Crippen LogP contribution in [0.5, 0.6) is 0 Å². The van der Waals surface area contributed by atoms with Gasteiger partial charge in [-0.05, 0) is 87.6 Å². The minimum absolute atomic E-state index is 0.143. The molecule has 0 saturated carbocycles. The fourth-order valence-electron chi connectivity index (χ4n) is 8.76. The molecule has 246 valence electrons. The van der Waals surface area contributed by atoms with E-state index in [0.717, 1.165) is 72.1 Å². The first-order valence-corrected chi connectivity index (χ1v) is 17.9. The quantitative estimate of drug-likeness (QED) is 0.187. The van der Waals surface area contributed by atoms with E-state index in [2.05, 4.69) is 170 Å². The topological polar surface area (TPSA) is 29.5 Å².